The monoisotopic (exact) mass is 274 g/mol. The molecule has 0 aromatic carbocycles. The molecule has 1 saturated heterocycles. The van der Waals surface area contributed by atoms with Crippen molar-refractivity contribution in [1.82, 2.24) is 9.88 Å². The van der Waals surface area contributed by atoms with Gasteiger partial charge in [-0.2, -0.15) is 0 Å². The molecule has 1 aliphatic heterocycles. The lowest BCUT2D eigenvalue weighted by Gasteiger charge is -2.23. The second-order valence-electron chi connectivity index (χ2n) is 5.87. The Morgan fingerprint density at radius 3 is 2.95 bits per heavy atom. The van der Waals surface area contributed by atoms with Gasteiger partial charge in [-0.05, 0) is 37.8 Å². The van der Waals surface area contributed by atoms with Gasteiger partial charge >= 0.3 is 5.97 Å². The minimum atomic E-state index is -0.752. The number of likely N-dealkylation sites (tertiary alicyclic amines) is 1. The first-order valence-corrected chi connectivity index (χ1v) is 6.99. The summed E-state index contributed by atoms with van der Waals surface area (Å²) in [7, 11) is 0. The van der Waals surface area contributed by atoms with Gasteiger partial charge in [-0.1, -0.05) is 6.42 Å². The van der Waals surface area contributed by atoms with E-state index in [9.17, 15) is 14.7 Å². The molecule has 2 aliphatic rings. The molecule has 1 N–H and O–H groups in total. The van der Waals surface area contributed by atoms with Crippen molar-refractivity contribution in [2.24, 2.45) is 11.3 Å². The van der Waals surface area contributed by atoms with Gasteiger partial charge in [-0.3, -0.25) is 14.6 Å². The van der Waals surface area contributed by atoms with Crippen molar-refractivity contribution >= 4 is 11.9 Å². The summed E-state index contributed by atoms with van der Waals surface area (Å²) >= 11 is 0. The average Bonchev–Trinajstić information content (AvgIpc) is 2.96. The highest BCUT2D eigenvalue weighted by molar-refractivity contribution is 5.96. The number of carbonyl (C=O) groups is 2. The van der Waals surface area contributed by atoms with Crippen molar-refractivity contribution in [3.05, 3.63) is 29.6 Å². The van der Waals surface area contributed by atoms with Gasteiger partial charge in [-0.25, -0.2) is 0 Å². The normalized spacial score (nSPS) is 28.4. The summed E-state index contributed by atoms with van der Waals surface area (Å²) in [6.45, 7) is 2.69. The Kier molecular flexibility index (Phi) is 3.00. The number of rotatable bonds is 2. The van der Waals surface area contributed by atoms with Gasteiger partial charge < -0.3 is 10.0 Å². The summed E-state index contributed by atoms with van der Waals surface area (Å²) < 4.78 is 0. The fourth-order valence-electron chi connectivity index (χ4n) is 3.67. The SMILES string of the molecule is Cc1ncccc1C(=O)N1C[C@@H]2CCC[C@@]2(C(=O)O)C1. The van der Waals surface area contributed by atoms with Crippen molar-refractivity contribution in [2.75, 3.05) is 13.1 Å². The molecule has 2 fully saturated rings. The van der Waals surface area contributed by atoms with E-state index in [-0.39, 0.29) is 11.8 Å². The van der Waals surface area contributed by atoms with Gasteiger partial charge in [0.15, 0.2) is 0 Å². The van der Waals surface area contributed by atoms with Crippen LogP contribution in [-0.2, 0) is 4.79 Å². The van der Waals surface area contributed by atoms with Crippen LogP contribution in [0, 0.1) is 18.3 Å². The van der Waals surface area contributed by atoms with Crippen LogP contribution in [0.2, 0.25) is 0 Å². The molecule has 0 unspecified atom stereocenters. The third kappa shape index (κ3) is 1.80. The zero-order valence-corrected chi connectivity index (χ0v) is 11.5. The molecule has 1 aromatic heterocycles. The summed E-state index contributed by atoms with van der Waals surface area (Å²) in [6.07, 6.45) is 4.19. The highest BCUT2D eigenvalue weighted by Gasteiger charge is 2.55. The fraction of sp³-hybridized carbons (Fsp3) is 0.533. The van der Waals surface area contributed by atoms with Gasteiger partial charge in [0, 0.05) is 25.0 Å². The lowest BCUT2D eigenvalue weighted by molar-refractivity contribution is -0.149. The highest BCUT2D eigenvalue weighted by atomic mass is 16.4. The van der Waals surface area contributed by atoms with Crippen LogP contribution in [-0.4, -0.2) is 40.0 Å². The Labute approximate surface area is 117 Å². The maximum atomic E-state index is 12.6. The lowest BCUT2D eigenvalue weighted by atomic mass is 9.81. The van der Waals surface area contributed by atoms with Crippen LogP contribution in [0.5, 0.6) is 0 Å². The number of nitrogens with zero attached hydrogens (tertiary/aromatic N) is 2. The third-order valence-electron chi connectivity index (χ3n) is 4.82. The standard InChI is InChI=1S/C15H18N2O3/c1-10-12(5-3-7-16-10)13(18)17-8-11-4-2-6-15(11,9-17)14(19)20/h3,5,7,11H,2,4,6,8-9H2,1H3,(H,19,20)/t11-,15+/m0/s1. The van der Waals surface area contributed by atoms with Crippen molar-refractivity contribution < 1.29 is 14.7 Å². The predicted molar refractivity (Wildman–Crippen MR) is 72.3 cm³/mol. The van der Waals surface area contributed by atoms with Crippen molar-refractivity contribution in [2.45, 2.75) is 26.2 Å². The first-order chi connectivity index (χ1) is 9.54. The summed E-state index contributed by atoms with van der Waals surface area (Å²) in [4.78, 5) is 30.0. The second-order valence-corrected chi connectivity index (χ2v) is 5.87. The number of aromatic nitrogens is 1. The molecule has 2 heterocycles. The third-order valence-corrected chi connectivity index (χ3v) is 4.82. The van der Waals surface area contributed by atoms with E-state index in [1.165, 1.54) is 0 Å². The molecule has 0 radical (unpaired) electrons. The number of amides is 1. The van der Waals surface area contributed by atoms with E-state index in [2.05, 4.69) is 4.98 Å². The minimum Gasteiger partial charge on any atom is -0.481 e. The Bertz CT molecular complexity index is 572. The summed E-state index contributed by atoms with van der Waals surface area (Å²) in [6, 6.07) is 3.50. The molecule has 1 aliphatic carbocycles. The van der Waals surface area contributed by atoms with E-state index in [1.54, 1.807) is 30.2 Å². The highest BCUT2D eigenvalue weighted by Crippen LogP contribution is 2.49. The molecule has 1 aromatic rings. The molecule has 2 atom stereocenters. The van der Waals surface area contributed by atoms with Gasteiger partial charge in [0.1, 0.15) is 0 Å². The Hall–Kier alpha value is -1.91. The van der Waals surface area contributed by atoms with Gasteiger partial charge in [0.05, 0.1) is 11.0 Å². The summed E-state index contributed by atoms with van der Waals surface area (Å²) in [5.41, 5.74) is 0.554. The van der Waals surface area contributed by atoms with E-state index >= 15 is 0 Å². The van der Waals surface area contributed by atoms with Crippen LogP contribution in [0.25, 0.3) is 0 Å². The van der Waals surface area contributed by atoms with Gasteiger partial charge in [0.25, 0.3) is 5.91 Å². The number of carbonyl (C=O) groups excluding carboxylic acids is 1. The lowest BCUT2D eigenvalue weighted by Crippen LogP contribution is -2.37. The predicted octanol–water partition coefficient (Wildman–Crippen LogP) is 1.72. The molecule has 5 heteroatoms. The average molecular weight is 274 g/mol. The van der Waals surface area contributed by atoms with Crippen LogP contribution >= 0.6 is 0 Å². The molecule has 1 amide bonds. The number of hydrogen-bond donors (Lipinski definition) is 1. The molecule has 3 rings (SSSR count). The molecule has 0 bridgehead atoms. The van der Waals surface area contributed by atoms with Crippen molar-refractivity contribution in [1.29, 1.82) is 0 Å². The largest absolute Gasteiger partial charge is 0.481 e. The molecular weight excluding hydrogens is 256 g/mol. The van der Waals surface area contributed by atoms with Crippen molar-refractivity contribution in [3.63, 3.8) is 0 Å². The minimum absolute atomic E-state index is 0.0920. The van der Waals surface area contributed by atoms with Crippen molar-refractivity contribution in [3.8, 4) is 0 Å². The van der Waals surface area contributed by atoms with Crippen LogP contribution in [0.3, 0.4) is 0 Å². The molecule has 106 valence electrons. The quantitative estimate of drug-likeness (QED) is 0.891. The zero-order valence-electron chi connectivity index (χ0n) is 11.5. The number of carboxylic acid groups (broad SMARTS) is 1. The first-order valence-electron chi connectivity index (χ1n) is 6.99. The maximum Gasteiger partial charge on any atom is 0.311 e. The van der Waals surface area contributed by atoms with Crippen LogP contribution in [0.1, 0.15) is 35.3 Å². The number of pyridine rings is 1. The number of aliphatic carboxylic acids is 1. The first kappa shape index (κ1) is 13.1. The summed E-state index contributed by atoms with van der Waals surface area (Å²) in [5.74, 6) is -0.746. The maximum absolute atomic E-state index is 12.6. The molecule has 1 saturated carbocycles. The Morgan fingerprint density at radius 1 is 1.50 bits per heavy atom. The number of carboxylic acids is 1. The van der Waals surface area contributed by atoms with E-state index in [1.807, 2.05) is 0 Å². The summed E-state index contributed by atoms with van der Waals surface area (Å²) in [5, 5.41) is 9.55. The van der Waals surface area contributed by atoms with E-state index < -0.39 is 11.4 Å². The van der Waals surface area contributed by atoms with E-state index in [0.717, 1.165) is 12.8 Å². The molecular formula is C15H18N2O3. The Balaban J connectivity index is 1.86. The van der Waals surface area contributed by atoms with E-state index in [0.29, 0.717) is 30.8 Å². The van der Waals surface area contributed by atoms with Gasteiger partial charge in [0.2, 0.25) is 0 Å². The van der Waals surface area contributed by atoms with E-state index in [4.69, 9.17) is 0 Å². The second kappa shape index (κ2) is 4.58. The molecule has 20 heavy (non-hydrogen) atoms. The van der Waals surface area contributed by atoms with Crippen LogP contribution < -0.4 is 0 Å². The number of aryl methyl sites for hydroxylation is 1. The van der Waals surface area contributed by atoms with Gasteiger partial charge in [-0.15, -0.1) is 0 Å². The van der Waals surface area contributed by atoms with Crippen LogP contribution in [0.15, 0.2) is 18.3 Å². The number of fused-ring (bicyclic) bond motifs is 1. The zero-order chi connectivity index (χ0) is 14.3. The number of hydrogen-bond acceptors (Lipinski definition) is 3. The topological polar surface area (TPSA) is 70.5 Å². The molecule has 0 spiro atoms. The van der Waals surface area contributed by atoms with Crippen LogP contribution in [0.4, 0.5) is 0 Å². The fourth-order valence-corrected chi connectivity index (χ4v) is 3.67. The Morgan fingerprint density at radius 2 is 2.30 bits per heavy atom. The molecule has 5 nitrogen and oxygen atoms in total. The smallest absolute Gasteiger partial charge is 0.311 e.